The molecular formula is C21H24FN5O5. The van der Waals surface area contributed by atoms with Gasteiger partial charge in [0.05, 0.1) is 25.7 Å². The number of pyridine rings is 1. The number of carbonyl (C=O) groups excluding carboxylic acids is 2. The molecule has 32 heavy (non-hydrogen) atoms. The van der Waals surface area contributed by atoms with Crippen LogP contribution in [0.5, 0.6) is 5.75 Å². The molecule has 2 aliphatic rings. The molecule has 0 spiro atoms. The van der Waals surface area contributed by atoms with Crippen LogP contribution in [0.25, 0.3) is 0 Å². The summed E-state index contributed by atoms with van der Waals surface area (Å²) in [4.78, 5) is 39.8. The van der Waals surface area contributed by atoms with Gasteiger partial charge < -0.3 is 14.4 Å². The van der Waals surface area contributed by atoms with E-state index in [2.05, 4.69) is 0 Å². The Morgan fingerprint density at radius 3 is 2.78 bits per heavy atom. The minimum atomic E-state index is -1.47. The van der Waals surface area contributed by atoms with Gasteiger partial charge in [-0.3, -0.25) is 30.0 Å². The highest BCUT2D eigenvalue weighted by Crippen LogP contribution is 2.33. The van der Waals surface area contributed by atoms with Gasteiger partial charge in [0.25, 0.3) is 11.8 Å². The number of aromatic hydroxyl groups is 1. The molecule has 2 atom stereocenters. The van der Waals surface area contributed by atoms with E-state index in [4.69, 9.17) is 16.3 Å². The largest absolute Gasteiger partial charge is 0.503 e. The summed E-state index contributed by atoms with van der Waals surface area (Å²) in [6.45, 7) is 3.39. The van der Waals surface area contributed by atoms with Gasteiger partial charge in [-0.1, -0.05) is 19.1 Å². The maximum Gasteiger partial charge on any atom is 0.278 e. The van der Waals surface area contributed by atoms with Gasteiger partial charge in [0.1, 0.15) is 11.4 Å². The highest BCUT2D eigenvalue weighted by Gasteiger charge is 2.51. The first-order valence-corrected chi connectivity index (χ1v) is 10.1. The summed E-state index contributed by atoms with van der Waals surface area (Å²) >= 11 is 0. The molecule has 10 nitrogen and oxygen atoms in total. The molecule has 0 aliphatic carbocycles. The number of aryl methyl sites for hydroxylation is 1. The topological polar surface area (TPSA) is 144 Å². The Balaban J connectivity index is 1.68. The van der Waals surface area contributed by atoms with E-state index in [0.29, 0.717) is 11.4 Å². The highest BCUT2D eigenvalue weighted by molar-refractivity contribution is 5.99. The number of carbonyl (C=O) groups is 2. The lowest BCUT2D eigenvalue weighted by atomic mass is 10.1. The average Bonchev–Trinajstić information content (AvgIpc) is 3.05. The van der Waals surface area contributed by atoms with Gasteiger partial charge in [0.15, 0.2) is 11.4 Å². The smallest absolute Gasteiger partial charge is 0.278 e. The van der Waals surface area contributed by atoms with E-state index in [1.54, 1.807) is 13.0 Å². The van der Waals surface area contributed by atoms with Crippen molar-refractivity contribution in [1.82, 2.24) is 14.5 Å². The molecule has 3 heterocycles. The Kier molecular flexibility index (Phi) is 5.27. The molecule has 1 aromatic heterocycles. The first kappa shape index (κ1) is 21.9. The van der Waals surface area contributed by atoms with E-state index < -0.39 is 40.2 Å². The lowest BCUT2D eigenvalue weighted by Crippen LogP contribution is -2.63. The second-order valence-corrected chi connectivity index (χ2v) is 8.09. The minimum Gasteiger partial charge on any atom is -0.503 e. The summed E-state index contributed by atoms with van der Waals surface area (Å²) < 4.78 is 21.1. The molecule has 0 bridgehead atoms. The fraction of sp³-hybridized carbons (Fsp3) is 0.381. The molecular weight excluding hydrogens is 421 g/mol. The van der Waals surface area contributed by atoms with Gasteiger partial charge in [-0.05, 0) is 25.0 Å². The average molecular weight is 445 g/mol. The number of hydrogen-bond donors (Lipinski definition) is 3. The zero-order valence-electron chi connectivity index (χ0n) is 17.7. The van der Waals surface area contributed by atoms with Crippen molar-refractivity contribution in [2.24, 2.45) is 11.6 Å². The fourth-order valence-corrected chi connectivity index (χ4v) is 4.13. The van der Waals surface area contributed by atoms with Gasteiger partial charge >= 0.3 is 0 Å². The molecule has 2 aromatic rings. The van der Waals surface area contributed by atoms with Crippen molar-refractivity contribution in [3.05, 3.63) is 62.8 Å². The van der Waals surface area contributed by atoms with Crippen LogP contribution < -0.4 is 17.0 Å². The van der Waals surface area contributed by atoms with E-state index in [1.165, 1.54) is 21.6 Å². The zero-order valence-corrected chi connectivity index (χ0v) is 17.7. The number of aromatic nitrogens is 1. The van der Waals surface area contributed by atoms with Crippen molar-refractivity contribution >= 4 is 11.8 Å². The van der Waals surface area contributed by atoms with E-state index >= 15 is 0 Å². The molecule has 1 fully saturated rings. The Morgan fingerprint density at radius 2 is 2.12 bits per heavy atom. The third-order valence-corrected chi connectivity index (χ3v) is 5.86. The molecule has 1 saturated heterocycles. The Labute approximate surface area is 182 Å². The van der Waals surface area contributed by atoms with E-state index in [-0.39, 0.29) is 37.0 Å². The lowest BCUT2D eigenvalue weighted by Gasteiger charge is -2.40. The number of hydrogen-bond acceptors (Lipinski definition) is 7. The van der Waals surface area contributed by atoms with Gasteiger partial charge in [-0.2, -0.15) is 0 Å². The highest BCUT2D eigenvalue weighted by atomic mass is 19.1. The molecule has 170 valence electrons. The minimum absolute atomic E-state index is 0.107. The normalized spacial score (nSPS) is 22.0. The number of benzene rings is 1. The molecule has 0 unspecified atom stereocenters. The van der Waals surface area contributed by atoms with Crippen LogP contribution in [0.15, 0.2) is 29.2 Å². The molecule has 11 heteroatoms. The Bertz CT molecular complexity index is 1180. The van der Waals surface area contributed by atoms with Crippen LogP contribution in [-0.4, -0.2) is 49.9 Å². The van der Waals surface area contributed by atoms with Crippen LogP contribution in [0.1, 0.15) is 45.8 Å². The molecule has 2 aliphatic heterocycles. The first-order chi connectivity index (χ1) is 15.1. The summed E-state index contributed by atoms with van der Waals surface area (Å²) in [5, 5.41) is 11.2. The predicted octanol–water partition coefficient (Wildman–Crippen LogP) is 0.259. The molecule has 1 aromatic carbocycles. The van der Waals surface area contributed by atoms with Crippen LogP contribution in [0.4, 0.5) is 4.39 Å². The summed E-state index contributed by atoms with van der Waals surface area (Å²) in [7, 11) is 0. The van der Waals surface area contributed by atoms with Crippen molar-refractivity contribution in [1.29, 1.82) is 0 Å². The van der Waals surface area contributed by atoms with Crippen LogP contribution >= 0.6 is 0 Å². The van der Waals surface area contributed by atoms with Crippen molar-refractivity contribution in [3.63, 3.8) is 0 Å². The summed E-state index contributed by atoms with van der Waals surface area (Å²) in [6, 6.07) is 4.23. The van der Waals surface area contributed by atoms with Crippen molar-refractivity contribution in [3.8, 4) is 5.75 Å². The van der Waals surface area contributed by atoms with Crippen LogP contribution in [0.2, 0.25) is 0 Å². The maximum absolute atomic E-state index is 14.3. The van der Waals surface area contributed by atoms with Crippen LogP contribution in [0.3, 0.4) is 0 Å². The number of halogens is 1. The number of nitrogens with zero attached hydrogens (tertiary/aromatic N) is 3. The molecule has 4 rings (SSSR count). The van der Waals surface area contributed by atoms with Crippen molar-refractivity contribution < 1.29 is 23.8 Å². The number of amides is 2. The summed E-state index contributed by atoms with van der Waals surface area (Å²) in [5.74, 6) is 1.33. The molecule has 0 saturated carbocycles. The molecule has 2 amide bonds. The van der Waals surface area contributed by atoms with E-state index in [0.717, 1.165) is 11.8 Å². The standard InChI is InChI=1S/C21H24FN5O5/c1-3-12-4-5-13(15(22)6-12)7-26(24)19(30)14-8-25-10-21(23)27(11(2)9-32-21)20(31)16(25)18(29)17(14)28/h4-6,8,11,29H,3,7,9-10,23-24H2,1-2H3/t11-,21-/m0/s1. The SMILES string of the molecule is CCc1ccc(CN(N)C(=O)c2cn3c(c(O)c2=O)C(=O)N2[C@@H](C)CO[C@]2(N)C3)c(F)c1. The second-order valence-electron chi connectivity index (χ2n) is 8.09. The number of fused-ring (bicyclic) bond motifs is 2. The monoisotopic (exact) mass is 445 g/mol. The van der Waals surface area contributed by atoms with Gasteiger partial charge in [0, 0.05) is 11.8 Å². The Hall–Kier alpha value is -3.28. The van der Waals surface area contributed by atoms with Gasteiger partial charge in [0.2, 0.25) is 11.3 Å². The van der Waals surface area contributed by atoms with Gasteiger partial charge in [-0.15, -0.1) is 0 Å². The summed E-state index contributed by atoms with van der Waals surface area (Å²) in [5.41, 5.74) is 5.36. The number of ether oxygens (including phenoxy) is 1. The van der Waals surface area contributed by atoms with Gasteiger partial charge in [-0.25, -0.2) is 10.2 Å². The quantitative estimate of drug-likeness (QED) is 0.348. The first-order valence-electron chi connectivity index (χ1n) is 10.1. The number of hydrazine groups is 1. The zero-order chi connectivity index (χ0) is 23.4. The fourth-order valence-electron chi connectivity index (χ4n) is 4.13. The third kappa shape index (κ3) is 3.34. The van der Waals surface area contributed by atoms with E-state index in [1.807, 2.05) is 6.92 Å². The lowest BCUT2D eigenvalue weighted by molar-refractivity contribution is -0.0850. The third-order valence-electron chi connectivity index (χ3n) is 5.86. The second kappa shape index (κ2) is 7.69. The number of nitrogens with two attached hydrogens (primary N) is 2. The van der Waals surface area contributed by atoms with Crippen LogP contribution in [0, 0.1) is 5.82 Å². The van der Waals surface area contributed by atoms with E-state index in [9.17, 15) is 23.9 Å². The summed E-state index contributed by atoms with van der Waals surface area (Å²) in [6.07, 6.45) is 1.77. The van der Waals surface area contributed by atoms with Crippen LogP contribution in [-0.2, 0) is 24.2 Å². The molecule has 0 radical (unpaired) electrons. The van der Waals surface area contributed by atoms with Crippen molar-refractivity contribution in [2.45, 2.75) is 45.2 Å². The number of rotatable bonds is 4. The predicted molar refractivity (Wildman–Crippen MR) is 111 cm³/mol. The molecule has 5 N–H and O–H groups in total. The Morgan fingerprint density at radius 1 is 1.41 bits per heavy atom. The maximum atomic E-state index is 14.3. The van der Waals surface area contributed by atoms with Crippen molar-refractivity contribution in [2.75, 3.05) is 6.61 Å².